The summed E-state index contributed by atoms with van der Waals surface area (Å²) in [6.45, 7) is 6.00. The van der Waals surface area contributed by atoms with Crippen LogP contribution in [0.4, 0.5) is 11.4 Å². The van der Waals surface area contributed by atoms with E-state index in [1.165, 1.54) is 57.8 Å². The number of carbonyl (C=O) groups is 2. The molecule has 0 heterocycles. The molecule has 0 fully saturated rings. The molecule has 5 nitrogen and oxygen atoms in total. The first-order chi connectivity index (χ1) is 15.0. The SMILES string of the molecule is CCCCCCCCCCCCCC(=O)NC(=S)Nc1ccc(C)c(NC(=O)CC)c1. The summed E-state index contributed by atoms with van der Waals surface area (Å²) < 4.78 is 0. The normalized spacial score (nSPS) is 10.5. The van der Waals surface area contributed by atoms with Gasteiger partial charge in [-0.2, -0.15) is 0 Å². The Morgan fingerprint density at radius 2 is 1.39 bits per heavy atom. The minimum absolute atomic E-state index is 0.0388. The van der Waals surface area contributed by atoms with Crippen LogP contribution >= 0.6 is 12.2 Å². The molecule has 0 radical (unpaired) electrons. The zero-order valence-corrected chi connectivity index (χ0v) is 20.5. The Balaban J connectivity index is 2.18. The molecule has 0 aromatic heterocycles. The molecule has 0 aliphatic rings. The highest BCUT2D eigenvalue weighted by molar-refractivity contribution is 7.80. The topological polar surface area (TPSA) is 70.2 Å². The van der Waals surface area contributed by atoms with Gasteiger partial charge in [0.1, 0.15) is 0 Å². The molecule has 0 atom stereocenters. The quantitative estimate of drug-likeness (QED) is 0.203. The molecule has 2 amide bonds. The Hall–Kier alpha value is -1.95. The molecule has 1 aromatic rings. The van der Waals surface area contributed by atoms with E-state index >= 15 is 0 Å². The number of anilines is 2. The summed E-state index contributed by atoms with van der Waals surface area (Å²) in [5.74, 6) is -0.0943. The van der Waals surface area contributed by atoms with Crippen molar-refractivity contribution in [2.75, 3.05) is 10.6 Å². The number of rotatable bonds is 15. The van der Waals surface area contributed by atoms with Crippen LogP contribution in [0.3, 0.4) is 0 Å². The van der Waals surface area contributed by atoms with Gasteiger partial charge in [0.25, 0.3) is 0 Å². The molecule has 1 rings (SSSR count). The second-order valence-electron chi connectivity index (χ2n) is 8.22. The number of aryl methyl sites for hydroxylation is 1. The van der Waals surface area contributed by atoms with Crippen LogP contribution in [0.1, 0.15) is 103 Å². The number of carbonyl (C=O) groups excluding carboxylic acids is 2. The van der Waals surface area contributed by atoms with Crippen molar-refractivity contribution < 1.29 is 9.59 Å². The van der Waals surface area contributed by atoms with Gasteiger partial charge in [-0.15, -0.1) is 0 Å². The maximum Gasteiger partial charge on any atom is 0.226 e. The molecule has 0 aliphatic heterocycles. The summed E-state index contributed by atoms with van der Waals surface area (Å²) in [5, 5.41) is 8.92. The van der Waals surface area contributed by atoms with Crippen molar-refractivity contribution in [1.29, 1.82) is 0 Å². The van der Waals surface area contributed by atoms with Crippen molar-refractivity contribution in [3.05, 3.63) is 23.8 Å². The average molecular weight is 448 g/mol. The number of hydrogen-bond donors (Lipinski definition) is 3. The van der Waals surface area contributed by atoms with Gasteiger partial charge in [0.2, 0.25) is 11.8 Å². The van der Waals surface area contributed by atoms with Gasteiger partial charge in [0.05, 0.1) is 0 Å². The van der Waals surface area contributed by atoms with Crippen LogP contribution in [-0.2, 0) is 9.59 Å². The maximum absolute atomic E-state index is 12.1. The number of benzene rings is 1. The van der Waals surface area contributed by atoms with Crippen molar-refractivity contribution >= 4 is 40.5 Å². The van der Waals surface area contributed by atoms with Crippen molar-refractivity contribution in [2.24, 2.45) is 0 Å². The Morgan fingerprint density at radius 3 is 1.97 bits per heavy atom. The summed E-state index contributed by atoms with van der Waals surface area (Å²) >= 11 is 5.26. The second kappa shape index (κ2) is 16.7. The monoisotopic (exact) mass is 447 g/mol. The number of unbranched alkanes of at least 4 members (excludes halogenated alkanes) is 10. The average Bonchev–Trinajstić information content (AvgIpc) is 2.74. The first-order valence-electron chi connectivity index (χ1n) is 12.0. The minimum Gasteiger partial charge on any atom is -0.332 e. The van der Waals surface area contributed by atoms with E-state index < -0.39 is 0 Å². The fourth-order valence-electron chi connectivity index (χ4n) is 3.37. The van der Waals surface area contributed by atoms with E-state index in [0.717, 1.165) is 29.8 Å². The lowest BCUT2D eigenvalue weighted by Crippen LogP contribution is -2.33. The van der Waals surface area contributed by atoms with Crippen LogP contribution in [0.25, 0.3) is 0 Å². The Labute approximate surface area is 194 Å². The third-order valence-corrected chi connectivity index (χ3v) is 5.56. The number of amides is 2. The van der Waals surface area contributed by atoms with Gasteiger partial charge in [-0.1, -0.05) is 84.1 Å². The van der Waals surface area contributed by atoms with Gasteiger partial charge in [0, 0.05) is 24.2 Å². The smallest absolute Gasteiger partial charge is 0.226 e. The Bertz CT molecular complexity index is 691. The molecular formula is C25H41N3O2S. The number of nitrogens with one attached hydrogen (secondary N) is 3. The third kappa shape index (κ3) is 13.1. The van der Waals surface area contributed by atoms with E-state index in [1.54, 1.807) is 0 Å². The highest BCUT2D eigenvalue weighted by Crippen LogP contribution is 2.20. The predicted octanol–water partition coefficient (Wildman–Crippen LogP) is 6.86. The summed E-state index contributed by atoms with van der Waals surface area (Å²) in [6.07, 6.45) is 14.8. The molecule has 6 heteroatoms. The van der Waals surface area contributed by atoms with Crippen LogP contribution in [0.2, 0.25) is 0 Å². The van der Waals surface area contributed by atoms with E-state index in [4.69, 9.17) is 12.2 Å². The zero-order chi connectivity index (χ0) is 22.9. The van der Waals surface area contributed by atoms with Crippen LogP contribution in [-0.4, -0.2) is 16.9 Å². The molecule has 0 saturated heterocycles. The predicted molar refractivity (Wildman–Crippen MR) is 136 cm³/mol. The van der Waals surface area contributed by atoms with E-state index in [1.807, 2.05) is 32.0 Å². The van der Waals surface area contributed by atoms with Gasteiger partial charge in [0.15, 0.2) is 5.11 Å². The summed E-state index contributed by atoms with van der Waals surface area (Å²) in [6, 6.07) is 5.60. The summed E-state index contributed by atoms with van der Waals surface area (Å²) in [5.41, 5.74) is 2.45. The summed E-state index contributed by atoms with van der Waals surface area (Å²) in [4.78, 5) is 23.8. The van der Waals surface area contributed by atoms with E-state index in [9.17, 15) is 9.59 Å². The van der Waals surface area contributed by atoms with Gasteiger partial charge in [-0.05, 0) is 43.3 Å². The van der Waals surface area contributed by atoms with Crippen molar-refractivity contribution in [2.45, 2.75) is 104 Å². The largest absolute Gasteiger partial charge is 0.332 e. The van der Waals surface area contributed by atoms with Gasteiger partial charge >= 0.3 is 0 Å². The lowest BCUT2D eigenvalue weighted by molar-refractivity contribution is -0.119. The molecule has 31 heavy (non-hydrogen) atoms. The van der Waals surface area contributed by atoms with Crippen LogP contribution in [0.5, 0.6) is 0 Å². The molecule has 0 unspecified atom stereocenters. The van der Waals surface area contributed by atoms with E-state index in [0.29, 0.717) is 12.8 Å². The van der Waals surface area contributed by atoms with Gasteiger partial charge in [-0.3, -0.25) is 9.59 Å². The second-order valence-corrected chi connectivity index (χ2v) is 8.63. The van der Waals surface area contributed by atoms with Crippen LogP contribution < -0.4 is 16.0 Å². The Morgan fingerprint density at radius 1 is 0.806 bits per heavy atom. The van der Waals surface area contributed by atoms with E-state index in [2.05, 4.69) is 22.9 Å². The summed E-state index contributed by atoms with van der Waals surface area (Å²) in [7, 11) is 0. The maximum atomic E-state index is 12.1. The van der Waals surface area contributed by atoms with Crippen molar-refractivity contribution in [3.63, 3.8) is 0 Å². The molecule has 0 bridgehead atoms. The standard InChI is InChI=1S/C25H41N3O2S/c1-4-6-7-8-9-10-11-12-13-14-15-16-24(30)28-25(31)26-21-18-17-20(3)22(19-21)27-23(29)5-2/h17-19H,4-16H2,1-3H3,(H,27,29)(H2,26,28,30,31). The molecule has 0 saturated carbocycles. The van der Waals surface area contributed by atoms with Crippen LogP contribution in [0, 0.1) is 6.92 Å². The number of thiocarbonyl (C=S) groups is 1. The molecule has 3 N–H and O–H groups in total. The number of hydrogen-bond acceptors (Lipinski definition) is 3. The van der Waals surface area contributed by atoms with Crippen molar-refractivity contribution in [1.82, 2.24) is 5.32 Å². The third-order valence-electron chi connectivity index (χ3n) is 5.35. The zero-order valence-electron chi connectivity index (χ0n) is 19.6. The van der Waals surface area contributed by atoms with E-state index in [-0.39, 0.29) is 16.9 Å². The molecule has 0 spiro atoms. The molecular weight excluding hydrogens is 406 g/mol. The lowest BCUT2D eigenvalue weighted by atomic mass is 10.1. The fourth-order valence-corrected chi connectivity index (χ4v) is 3.61. The lowest BCUT2D eigenvalue weighted by Gasteiger charge is -2.13. The molecule has 1 aromatic carbocycles. The highest BCUT2D eigenvalue weighted by atomic mass is 32.1. The first kappa shape index (κ1) is 27.1. The van der Waals surface area contributed by atoms with Crippen LogP contribution in [0.15, 0.2) is 18.2 Å². The van der Waals surface area contributed by atoms with Gasteiger partial charge < -0.3 is 16.0 Å². The molecule has 174 valence electrons. The van der Waals surface area contributed by atoms with Gasteiger partial charge in [-0.25, -0.2) is 0 Å². The fraction of sp³-hybridized carbons (Fsp3) is 0.640. The first-order valence-corrected chi connectivity index (χ1v) is 12.4. The molecule has 0 aliphatic carbocycles. The minimum atomic E-state index is -0.0555. The van der Waals surface area contributed by atoms with Crippen molar-refractivity contribution in [3.8, 4) is 0 Å². The highest BCUT2D eigenvalue weighted by Gasteiger charge is 2.07. The Kier molecular flexibility index (Phi) is 14.6.